The van der Waals surface area contributed by atoms with Crippen LogP contribution < -0.4 is 11.3 Å². The number of nitrogens with one attached hydrogen (secondary N) is 1. The highest BCUT2D eigenvalue weighted by molar-refractivity contribution is 5.34. The monoisotopic (exact) mass is 250 g/mol. The van der Waals surface area contributed by atoms with Crippen molar-refractivity contribution >= 4 is 0 Å². The largest absolute Gasteiger partial charge is 0.377 e. The summed E-state index contributed by atoms with van der Waals surface area (Å²) in [6.07, 6.45) is 2.04. The SMILES string of the molecule is CCOC(CC)C(Cc1c(C)cccc1C)NN. The highest BCUT2D eigenvalue weighted by Gasteiger charge is 2.20. The van der Waals surface area contributed by atoms with Gasteiger partial charge in [-0.15, -0.1) is 0 Å². The zero-order valence-electron chi connectivity index (χ0n) is 12.0. The minimum atomic E-state index is 0.162. The van der Waals surface area contributed by atoms with Crippen LogP contribution in [0.4, 0.5) is 0 Å². The molecule has 3 nitrogen and oxygen atoms in total. The molecule has 0 bridgehead atoms. The Labute approximate surface area is 111 Å². The van der Waals surface area contributed by atoms with Gasteiger partial charge in [-0.25, -0.2) is 0 Å². The van der Waals surface area contributed by atoms with Gasteiger partial charge in [-0.2, -0.15) is 0 Å². The van der Waals surface area contributed by atoms with E-state index < -0.39 is 0 Å². The van der Waals surface area contributed by atoms with Crippen molar-refractivity contribution in [1.29, 1.82) is 0 Å². The molecule has 0 fully saturated rings. The second-order valence-corrected chi connectivity index (χ2v) is 4.75. The number of aryl methyl sites for hydroxylation is 2. The Morgan fingerprint density at radius 3 is 2.28 bits per heavy atom. The lowest BCUT2D eigenvalue weighted by atomic mass is 9.93. The van der Waals surface area contributed by atoms with E-state index >= 15 is 0 Å². The van der Waals surface area contributed by atoms with Gasteiger partial charge in [0.05, 0.1) is 12.1 Å². The summed E-state index contributed by atoms with van der Waals surface area (Å²) in [6.45, 7) is 9.18. The van der Waals surface area contributed by atoms with E-state index in [1.54, 1.807) is 0 Å². The molecular formula is C15H26N2O. The Morgan fingerprint density at radius 1 is 1.22 bits per heavy atom. The van der Waals surface area contributed by atoms with Crippen molar-refractivity contribution in [1.82, 2.24) is 5.43 Å². The summed E-state index contributed by atoms with van der Waals surface area (Å²) in [6, 6.07) is 6.56. The summed E-state index contributed by atoms with van der Waals surface area (Å²) in [7, 11) is 0. The number of hydrazine groups is 1. The number of nitrogens with two attached hydrogens (primary N) is 1. The van der Waals surface area contributed by atoms with E-state index in [1.807, 2.05) is 6.92 Å². The highest BCUT2D eigenvalue weighted by Crippen LogP contribution is 2.18. The minimum Gasteiger partial charge on any atom is -0.377 e. The lowest BCUT2D eigenvalue weighted by molar-refractivity contribution is 0.0319. The predicted octanol–water partition coefficient (Wildman–Crippen LogP) is 2.49. The van der Waals surface area contributed by atoms with Crippen LogP contribution in [0.15, 0.2) is 18.2 Å². The molecule has 1 aromatic rings. The van der Waals surface area contributed by atoms with Crippen LogP contribution in [-0.4, -0.2) is 18.8 Å². The first kappa shape index (κ1) is 15.2. The molecule has 18 heavy (non-hydrogen) atoms. The molecule has 0 aliphatic carbocycles. The number of rotatable bonds is 7. The van der Waals surface area contributed by atoms with Crippen LogP contribution in [0.2, 0.25) is 0 Å². The number of hydrogen-bond acceptors (Lipinski definition) is 3. The summed E-state index contributed by atoms with van der Waals surface area (Å²) in [5.74, 6) is 5.70. The summed E-state index contributed by atoms with van der Waals surface area (Å²) in [4.78, 5) is 0. The molecule has 0 heterocycles. The van der Waals surface area contributed by atoms with E-state index in [4.69, 9.17) is 10.6 Å². The summed E-state index contributed by atoms with van der Waals surface area (Å²) < 4.78 is 5.75. The molecule has 102 valence electrons. The average molecular weight is 250 g/mol. The van der Waals surface area contributed by atoms with E-state index in [2.05, 4.69) is 44.4 Å². The Morgan fingerprint density at radius 2 is 1.83 bits per heavy atom. The lowest BCUT2D eigenvalue weighted by Gasteiger charge is -2.26. The lowest BCUT2D eigenvalue weighted by Crippen LogP contribution is -2.46. The van der Waals surface area contributed by atoms with Crippen LogP contribution in [0, 0.1) is 13.8 Å². The first-order valence-corrected chi connectivity index (χ1v) is 6.76. The number of ether oxygens (including phenoxy) is 1. The Kier molecular flexibility index (Phi) is 6.33. The Bertz CT molecular complexity index is 345. The normalized spacial score (nSPS) is 14.5. The summed E-state index contributed by atoms with van der Waals surface area (Å²) in [5.41, 5.74) is 6.93. The molecule has 2 unspecified atom stereocenters. The molecule has 1 aromatic carbocycles. The molecule has 0 saturated heterocycles. The maximum Gasteiger partial charge on any atom is 0.0741 e. The molecular weight excluding hydrogens is 224 g/mol. The van der Waals surface area contributed by atoms with Gasteiger partial charge in [-0.3, -0.25) is 11.3 Å². The summed E-state index contributed by atoms with van der Waals surface area (Å²) >= 11 is 0. The van der Waals surface area contributed by atoms with Gasteiger partial charge >= 0.3 is 0 Å². The molecule has 0 radical (unpaired) electrons. The molecule has 1 rings (SSSR count). The van der Waals surface area contributed by atoms with Gasteiger partial charge in [0.1, 0.15) is 0 Å². The van der Waals surface area contributed by atoms with E-state index in [0.717, 1.165) is 19.4 Å². The molecule has 3 heteroatoms. The van der Waals surface area contributed by atoms with Crippen molar-refractivity contribution in [3.8, 4) is 0 Å². The summed E-state index contributed by atoms with van der Waals surface area (Å²) in [5, 5.41) is 0. The number of benzene rings is 1. The molecule has 0 saturated carbocycles. The first-order chi connectivity index (χ1) is 8.63. The third-order valence-corrected chi connectivity index (χ3v) is 3.51. The fourth-order valence-electron chi connectivity index (χ4n) is 2.42. The van der Waals surface area contributed by atoms with Crippen molar-refractivity contribution in [2.45, 2.75) is 52.7 Å². The smallest absolute Gasteiger partial charge is 0.0741 e. The number of hydrogen-bond donors (Lipinski definition) is 2. The van der Waals surface area contributed by atoms with Gasteiger partial charge in [0, 0.05) is 6.61 Å². The van der Waals surface area contributed by atoms with Crippen molar-refractivity contribution in [2.24, 2.45) is 5.84 Å². The molecule has 0 amide bonds. The van der Waals surface area contributed by atoms with Crippen molar-refractivity contribution < 1.29 is 4.74 Å². The van der Waals surface area contributed by atoms with E-state index in [0.29, 0.717) is 0 Å². The maximum atomic E-state index is 5.75. The van der Waals surface area contributed by atoms with Gasteiger partial charge in [-0.05, 0) is 50.3 Å². The standard InChI is InChI=1S/C15H26N2O/c1-5-15(18-6-2)14(17-16)10-13-11(3)8-7-9-12(13)4/h7-9,14-15,17H,5-6,10,16H2,1-4H3. The molecule has 0 aromatic heterocycles. The third kappa shape index (κ3) is 3.80. The minimum absolute atomic E-state index is 0.162. The van der Waals surface area contributed by atoms with E-state index in [-0.39, 0.29) is 12.1 Å². The van der Waals surface area contributed by atoms with Gasteiger partial charge in [-0.1, -0.05) is 25.1 Å². The van der Waals surface area contributed by atoms with Gasteiger partial charge in [0.2, 0.25) is 0 Å². The fraction of sp³-hybridized carbons (Fsp3) is 0.600. The van der Waals surface area contributed by atoms with Gasteiger partial charge in [0.15, 0.2) is 0 Å². The van der Waals surface area contributed by atoms with Gasteiger partial charge in [0.25, 0.3) is 0 Å². The van der Waals surface area contributed by atoms with Crippen LogP contribution in [0.1, 0.15) is 37.0 Å². The first-order valence-electron chi connectivity index (χ1n) is 6.76. The van der Waals surface area contributed by atoms with Crippen LogP contribution in [0.3, 0.4) is 0 Å². The molecule has 0 aliphatic heterocycles. The highest BCUT2D eigenvalue weighted by atomic mass is 16.5. The molecule has 2 atom stereocenters. The molecule has 3 N–H and O–H groups in total. The van der Waals surface area contributed by atoms with Crippen molar-refractivity contribution in [3.05, 3.63) is 34.9 Å². The zero-order chi connectivity index (χ0) is 13.5. The second kappa shape index (κ2) is 7.52. The quantitative estimate of drug-likeness (QED) is 0.577. The van der Waals surface area contributed by atoms with E-state index in [1.165, 1.54) is 16.7 Å². The van der Waals surface area contributed by atoms with Crippen LogP contribution in [0.25, 0.3) is 0 Å². The van der Waals surface area contributed by atoms with Gasteiger partial charge < -0.3 is 4.74 Å². The average Bonchev–Trinajstić information content (AvgIpc) is 2.36. The van der Waals surface area contributed by atoms with Crippen molar-refractivity contribution in [2.75, 3.05) is 6.61 Å². The predicted molar refractivity (Wildman–Crippen MR) is 76.4 cm³/mol. The van der Waals surface area contributed by atoms with Crippen molar-refractivity contribution in [3.63, 3.8) is 0 Å². The molecule has 0 aliphatic rings. The second-order valence-electron chi connectivity index (χ2n) is 4.75. The Balaban J connectivity index is 2.85. The van der Waals surface area contributed by atoms with E-state index in [9.17, 15) is 0 Å². The van der Waals surface area contributed by atoms with Crippen LogP contribution in [0.5, 0.6) is 0 Å². The Hall–Kier alpha value is -0.900. The molecule has 0 spiro atoms. The maximum absolute atomic E-state index is 5.75. The zero-order valence-corrected chi connectivity index (χ0v) is 12.0. The third-order valence-electron chi connectivity index (χ3n) is 3.51. The fourth-order valence-corrected chi connectivity index (χ4v) is 2.42. The van der Waals surface area contributed by atoms with Crippen LogP contribution in [-0.2, 0) is 11.2 Å². The van der Waals surface area contributed by atoms with Crippen LogP contribution >= 0.6 is 0 Å². The topological polar surface area (TPSA) is 47.3 Å².